The molecule has 0 saturated carbocycles. The van der Waals surface area contributed by atoms with E-state index in [1.807, 2.05) is 0 Å². The lowest BCUT2D eigenvalue weighted by atomic mass is 10.5. The number of hydrogen-bond donors (Lipinski definition) is 1. The summed E-state index contributed by atoms with van der Waals surface area (Å²) in [7, 11) is -2.03. The molecule has 2 N–H and O–H groups in total. The van der Waals surface area contributed by atoms with E-state index in [0.29, 0.717) is 5.69 Å². The standard InChI is InChI=1S/C5H8BrN3O2S/c1-3-4(12(7,10)11)5(6)8-9(3)2/h1-2H3,(H2,7,10,11). The van der Waals surface area contributed by atoms with E-state index in [-0.39, 0.29) is 9.50 Å². The van der Waals surface area contributed by atoms with Crippen molar-refractivity contribution in [2.75, 3.05) is 0 Å². The molecule has 0 aliphatic rings. The van der Waals surface area contributed by atoms with Crippen molar-refractivity contribution in [1.29, 1.82) is 0 Å². The van der Waals surface area contributed by atoms with Gasteiger partial charge in [-0.1, -0.05) is 0 Å². The number of aryl methyl sites for hydroxylation is 1. The van der Waals surface area contributed by atoms with E-state index in [4.69, 9.17) is 5.14 Å². The van der Waals surface area contributed by atoms with E-state index in [1.54, 1.807) is 14.0 Å². The smallest absolute Gasteiger partial charge is 0.242 e. The highest BCUT2D eigenvalue weighted by molar-refractivity contribution is 9.10. The fourth-order valence-corrected chi connectivity index (χ4v) is 2.89. The average Bonchev–Trinajstić information content (AvgIpc) is 2.05. The summed E-state index contributed by atoms with van der Waals surface area (Å²) < 4.78 is 23.7. The molecule has 1 aromatic heterocycles. The zero-order valence-corrected chi connectivity index (χ0v) is 8.98. The van der Waals surface area contributed by atoms with Gasteiger partial charge in [-0.3, -0.25) is 4.68 Å². The van der Waals surface area contributed by atoms with Crippen LogP contribution in [0.5, 0.6) is 0 Å². The van der Waals surface area contributed by atoms with Gasteiger partial charge >= 0.3 is 0 Å². The minimum Gasteiger partial charge on any atom is -0.270 e. The van der Waals surface area contributed by atoms with Crippen molar-refractivity contribution >= 4 is 26.0 Å². The normalized spacial score (nSPS) is 12.0. The van der Waals surface area contributed by atoms with Crippen molar-refractivity contribution in [2.24, 2.45) is 12.2 Å². The van der Waals surface area contributed by atoms with Gasteiger partial charge in [0.05, 0.1) is 5.69 Å². The Morgan fingerprint density at radius 3 is 2.25 bits per heavy atom. The molecule has 0 saturated heterocycles. The number of primary sulfonamides is 1. The van der Waals surface area contributed by atoms with Gasteiger partial charge in [0.15, 0.2) is 0 Å². The van der Waals surface area contributed by atoms with E-state index in [0.717, 1.165) is 0 Å². The first-order valence-electron chi connectivity index (χ1n) is 3.06. The molecule has 0 radical (unpaired) electrons. The summed E-state index contributed by atoms with van der Waals surface area (Å²) in [6.45, 7) is 1.64. The topological polar surface area (TPSA) is 78.0 Å². The van der Waals surface area contributed by atoms with Crippen LogP contribution in [-0.2, 0) is 17.1 Å². The number of aromatic nitrogens is 2. The van der Waals surface area contributed by atoms with Gasteiger partial charge in [0.1, 0.15) is 9.50 Å². The van der Waals surface area contributed by atoms with Crippen molar-refractivity contribution < 1.29 is 8.42 Å². The Morgan fingerprint density at radius 1 is 1.58 bits per heavy atom. The van der Waals surface area contributed by atoms with Gasteiger partial charge in [0.25, 0.3) is 0 Å². The van der Waals surface area contributed by atoms with Crippen molar-refractivity contribution in [2.45, 2.75) is 11.8 Å². The highest BCUT2D eigenvalue weighted by atomic mass is 79.9. The third-order valence-electron chi connectivity index (χ3n) is 1.52. The van der Waals surface area contributed by atoms with Crippen LogP contribution in [0.4, 0.5) is 0 Å². The number of hydrogen-bond acceptors (Lipinski definition) is 3. The molecule has 1 heterocycles. The molecule has 0 aromatic carbocycles. The summed E-state index contributed by atoms with van der Waals surface area (Å²) in [6, 6.07) is 0. The first kappa shape index (κ1) is 9.69. The Labute approximate surface area is 78.7 Å². The predicted molar refractivity (Wildman–Crippen MR) is 47.0 cm³/mol. The lowest BCUT2D eigenvalue weighted by Crippen LogP contribution is -2.13. The van der Waals surface area contributed by atoms with Gasteiger partial charge in [-0.2, -0.15) is 5.10 Å². The van der Waals surface area contributed by atoms with Crippen molar-refractivity contribution in [1.82, 2.24) is 9.78 Å². The lowest BCUT2D eigenvalue weighted by Gasteiger charge is -1.96. The Hall–Kier alpha value is -0.400. The molecule has 12 heavy (non-hydrogen) atoms. The molecule has 0 amide bonds. The maximum Gasteiger partial charge on any atom is 0.242 e. The van der Waals surface area contributed by atoms with Crippen LogP contribution in [0.15, 0.2) is 9.50 Å². The monoisotopic (exact) mass is 253 g/mol. The first-order valence-corrected chi connectivity index (χ1v) is 5.40. The molecule has 0 fully saturated rings. The number of sulfonamides is 1. The quantitative estimate of drug-likeness (QED) is 0.774. The third kappa shape index (κ3) is 1.52. The Morgan fingerprint density at radius 2 is 2.08 bits per heavy atom. The van der Waals surface area contributed by atoms with E-state index < -0.39 is 10.0 Å². The van der Waals surface area contributed by atoms with Gasteiger partial charge in [-0.15, -0.1) is 0 Å². The van der Waals surface area contributed by atoms with Crippen LogP contribution in [0.1, 0.15) is 5.69 Å². The molecule has 7 heteroatoms. The Balaban J connectivity index is 3.54. The predicted octanol–water partition coefficient (Wildman–Crippen LogP) is 0.138. The molecular weight excluding hydrogens is 246 g/mol. The van der Waals surface area contributed by atoms with Gasteiger partial charge < -0.3 is 0 Å². The summed E-state index contributed by atoms with van der Waals surface area (Å²) in [5.41, 5.74) is 0.518. The van der Waals surface area contributed by atoms with Crippen LogP contribution in [0, 0.1) is 6.92 Å². The highest BCUT2D eigenvalue weighted by Gasteiger charge is 2.20. The Bertz CT molecular complexity index is 409. The summed E-state index contributed by atoms with van der Waals surface area (Å²) in [6.07, 6.45) is 0. The van der Waals surface area contributed by atoms with E-state index in [1.165, 1.54) is 4.68 Å². The second-order valence-corrected chi connectivity index (χ2v) is 4.62. The van der Waals surface area contributed by atoms with Crippen molar-refractivity contribution in [3.8, 4) is 0 Å². The fourth-order valence-electron chi connectivity index (χ4n) is 0.872. The molecule has 0 bridgehead atoms. The number of rotatable bonds is 1. The van der Waals surface area contributed by atoms with Gasteiger partial charge in [-0.05, 0) is 22.9 Å². The molecule has 0 aliphatic carbocycles. The van der Waals surface area contributed by atoms with Crippen LogP contribution in [-0.4, -0.2) is 18.2 Å². The molecular formula is C5H8BrN3O2S. The summed E-state index contributed by atoms with van der Waals surface area (Å²) in [4.78, 5) is 0.0463. The summed E-state index contributed by atoms with van der Waals surface area (Å²) in [5.74, 6) is 0. The fraction of sp³-hybridized carbons (Fsp3) is 0.400. The van der Waals surface area contributed by atoms with Gasteiger partial charge in [0, 0.05) is 7.05 Å². The molecule has 1 rings (SSSR count). The molecule has 1 aromatic rings. The molecule has 0 aliphatic heterocycles. The van der Waals surface area contributed by atoms with Gasteiger partial charge in [0.2, 0.25) is 10.0 Å². The molecule has 5 nitrogen and oxygen atoms in total. The summed E-state index contributed by atoms with van der Waals surface area (Å²) >= 11 is 3.01. The lowest BCUT2D eigenvalue weighted by molar-refractivity contribution is 0.596. The number of nitrogens with zero attached hydrogens (tertiary/aromatic N) is 2. The van der Waals surface area contributed by atoms with Crippen LogP contribution in [0.3, 0.4) is 0 Å². The number of halogens is 1. The van der Waals surface area contributed by atoms with Crippen LogP contribution >= 0.6 is 15.9 Å². The minimum atomic E-state index is -3.67. The van der Waals surface area contributed by atoms with E-state index in [2.05, 4.69) is 21.0 Å². The Kier molecular flexibility index (Phi) is 2.28. The zero-order valence-electron chi connectivity index (χ0n) is 6.57. The summed E-state index contributed by atoms with van der Waals surface area (Å²) in [5, 5.41) is 8.81. The molecule has 68 valence electrons. The van der Waals surface area contributed by atoms with Gasteiger partial charge in [-0.25, -0.2) is 13.6 Å². The molecule has 0 atom stereocenters. The van der Waals surface area contributed by atoms with Crippen LogP contribution in [0.25, 0.3) is 0 Å². The van der Waals surface area contributed by atoms with Crippen molar-refractivity contribution in [3.05, 3.63) is 10.3 Å². The van der Waals surface area contributed by atoms with E-state index >= 15 is 0 Å². The molecule has 0 spiro atoms. The SMILES string of the molecule is Cc1c(S(N)(=O)=O)c(Br)nn1C. The average molecular weight is 254 g/mol. The number of nitrogens with two attached hydrogens (primary N) is 1. The third-order valence-corrected chi connectivity index (χ3v) is 3.40. The van der Waals surface area contributed by atoms with Crippen LogP contribution in [0.2, 0.25) is 0 Å². The maximum absolute atomic E-state index is 11.0. The van der Waals surface area contributed by atoms with Crippen molar-refractivity contribution in [3.63, 3.8) is 0 Å². The largest absolute Gasteiger partial charge is 0.270 e. The highest BCUT2D eigenvalue weighted by Crippen LogP contribution is 2.22. The minimum absolute atomic E-state index is 0.0463. The second kappa shape index (κ2) is 2.82. The first-order chi connectivity index (χ1) is 5.34. The maximum atomic E-state index is 11.0. The zero-order chi connectivity index (χ0) is 9.52. The van der Waals surface area contributed by atoms with Crippen LogP contribution < -0.4 is 5.14 Å². The molecule has 0 unspecified atom stereocenters. The van der Waals surface area contributed by atoms with E-state index in [9.17, 15) is 8.42 Å². The second-order valence-electron chi connectivity index (χ2n) is 2.37.